The minimum Gasteiger partial charge on any atom is -0.272 e. The van der Waals surface area contributed by atoms with Crippen LogP contribution in [0.2, 0.25) is 0 Å². The predicted molar refractivity (Wildman–Crippen MR) is 33.7 cm³/mol. The molecule has 0 saturated heterocycles. The lowest BCUT2D eigenvalue weighted by Gasteiger charge is -1.65. The molecule has 0 aliphatic rings. The van der Waals surface area contributed by atoms with E-state index in [9.17, 15) is 0 Å². The number of nitrogens with one attached hydrogen (secondary N) is 1. The van der Waals surface area contributed by atoms with E-state index in [1.54, 1.807) is 7.05 Å². The molecule has 2 heteroatoms. The Labute approximate surface area is 45.4 Å². The van der Waals surface area contributed by atoms with Crippen molar-refractivity contribution in [1.29, 1.82) is 0 Å². The molecular formula is C5H14N2. The van der Waals surface area contributed by atoms with Gasteiger partial charge in [-0.1, -0.05) is 5.57 Å². The summed E-state index contributed by atoms with van der Waals surface area (Å²) >= 11 is 0. The van der Waals surface area contributed by atoms with Gasteiger partial charge in [-0.3, -0.25) is 11.3 Å². The average Bonchev–Trinajstić information content (AvgIpc) is 1.33. The normalized spacial score (nSPS) is 6.29. The number of nitrogens with two attached hydrogens (primary N) is 1. The summed E-state index contributed by atoms with van der Waals surface area (Å²) in [6.45, 7) is 7.50. The van der Waals surface area contributed by atoms with Crippen LogP contribution in [0.5, 0.6) is 0 Å². The minimum atomic E-state index is 1.17. The van der Waals surface area contributed by atoms with E-state index in [-0.39, 0.29) is 0 Å². The fourth-order valence-electron chi connectivity index (χ4n) is 0. The molecule has 7 heavy (non-hydrogen) atoms. The maximum absolute atomic E-state index is 4.60. The fourth-order valence-corrected chi connectivity index (χ4v) is 0. The van der Waals surface area contributed by atoms with Crippen LogP contribution < -0.4 is 11.3 Å². The smallest absolute Gasteiger partial charge is 0.00172 e. The van der Waals surface area contributed by atoms with Crippen molar-refractivity contribution in [1.82, 2.24) is 5.43 Å². The first-order chi connectivity index (χ1) is 3.15. The van der Waals surface area contributed by atoms with Gasteiger partial charge >= 0.3 is 0 Å². The number of allylic oxidation sites excluding steroid dienone is 1. The van der Waals surface area contributed by atoms with Crippen LogP contribution in [0, 0.1) is 0 Å². The van der Waals surface area contributed by atoms with E-state index in [1.165, 1.54) is 5.57 Å². The molecule has 0 aliphatic heterocycles. The van der Waals surface area contributed by atoms with Gasteiger partial charge in [0.1, 0.15) is 0 Å². The van der Waals surface area contributed by atoms with Crippen LogP contribution in [0.3, 0.4) is 0 Å². The highest BCUT2D eigenvalue weighted by atomic mass is 15.2. The van der Waals surface area contributed by atoms with Crippen molar-refractivity contribution in [2.45, 2.75) is 13.8 Å². The van der Waals surface area contributed by atoms with Gasteiger partial charge in [0.05, 0.1) is 0 Å². The summed E-state index contributed by atoms with van der Waals surface area (Å²) in [4.78, 5) is 0. The van der Waals surface area contributed by atoms with E-state index in [0.29, 0.717) is 0 Å². The SMILES string of the molecule is C=C(C)C.CNN. The Morgan fingerprint density at radius 1 is 1.57 bits per heavy atom. The Kier molecular flexibility index (Phi) is 12.9. The molecule has 0 amide bonds. The summed E-state index contributed by atoms with van der Waals surface area (Å²) in [6.07, 6.45) is 0. The molecule has 0 saturated carbocycles. The zero-order chi connectivity index (χ0) is 6.28. The average molecular weight is 102 g/mol. The Morgan fingerprint density at radius 3 is 1.57 bits per heavy atom. The summed E-state index contributed by atoms with van der Waals surface area (Å²) in [5.74, 6) is 4.60. The van der Waals surface area contributed by atoms with Crippen molar-refractivity contribution >= 4 is 0 Å². The second-order valence-electron chi connectivity index (χ2n) is 1.50. The largest absolute Gasteiger partial charge is 0.272 e. The van der Waals surface area contributed by atoms with Crippen LogP contribution >= 0.6 is 0 Å². The molecule has 0 radical (unpaired) electrons. The molecule has 44 valence electrons. The molecule has 0 atom stereocenters. The number of rotatable bonds is 0. The summed E-state index contributed by atoms with van der Waals surface area (Å²) in [5, 5.41) is 0. The zero-order valence-electron chi connectivity index (χ0n) is 5.28. The molecule has 0 rings (SSSR count). The Balaban J connectivity index is 0. The quantitative estimate of drug-likeness (QED) is 0.268. The van der Waals surface area contributed by atoms with E-state index in [0.717, 1.165) is 0 Å². The molecular weight excluding hydrogens is 88.1 g/mol. The number of hydrazine groups is 1. The molecule has 2 nitrogen and oxygen atoms in total. The van der Waals surface area contributed by atoms with Crippen molar-refractivity contribution in [3.63, 3.8) is 0 Å². The van der Waals surface area contributed by atoms with Crippen LogP contribution in [0.4, 0.5) is 0 Å². The first-order valence-corrected chi connectivity index (χ1v) is 2.14. The third kappa shape index (κ3) is 656. The highest BCUT2D eigenvalue weighted by molar-refractivity contribution is 4.78. The standard InChI is InChI=1S/C4H8.CH6N2/c1-4(2)3;1-3-2/h1H2,2-3H3;3H,2H2,1H3. The van der Waals surface area contributed by atoms with Crippen LogP contribution in [0.1, 0.15) is 13.8 Å². The predicted octanol–water partition coefficient (Wildman–Crippen LogP) is 0.662. The van der Waals surface area contributed by atoms with Crippen molar-refractivity contribution in [3.8, 4) is 0 Å². The van der Waals surface area contributed by atoms with Gasteiger partial charge in [-0.2, -0.15) is 0 Å². The van der Waals surface area contributed by atoms with Crippen molar-refractivity contribution < 1.29 is 0 Å². The van der Waals surface area contributed by atoms with Crippen molar-refractivity contribution in [2.24, 2.45) is 5.84 Å². The topological polar surface area (TPSA) is 38.0 Å². The molecule has 0 aliphatic carbocycles. The molecule has 0 bridgehead atoms. The van der Waals surface area contributed by atoms with Crippen LogP contribution in [-0.2, 0) is 0 Å². The summed E-state index contributed by atoms with van der Waals surface area (Å²) in [7, 11) is 1.65. The Bertz CT molecular complexity index is 37.3. The number of hydrogen-bond donors (Lipinski definition) is 2. The lowest BCUT2D eigenvalue weighted by atomic mass is 10.4. The van der Waals surface area contributed by atoms with Crippen LogP contribution in [0.25, 0.3) is 0 Å². The van der Waals surface area contributed by atoms with Crippen molar-refractivity contribution in [3.05, 3.63) is 12.2 Å². The van der Waals surface area contributed by atoms with E-state index in [1.807, 2.05) is 13.8 Å². The third-order valence-electron chi connectivity index (χ3n) is 0. The van der Waals surface area contributed by atoms with Gasteiger partial charge in [0, 0.05) is 0 Å². The summed E-state index contributed by atoms with van der Waals surface area (Å²) < 4.78 is 0. The minimum absolute atomic E-state index is 1.17. The summed E-state index contributed by atoms with van der Waals surface area (Å²) in [6, 6.07) is 0. The Morgan fingerprint density at radius 2 is 1.57 bits per heavy atom. The second kappa shape index (κ2) is 9.18. The molecule has 0 spiro atoms. The highest BCUT2D eigenvalue weighted by Gasteiger charge is 1.51. The van der Waals surface area contributed by atoms with Gasteiger partial charge in [0.25, 0.3) is 0 Å². The number of hydrogen-bond acceptors (Lipinski definition) is 2. The molecule has 0 aromatic rings. The highest BCUT2D eigenvalue weighted by Crippen LogP contribution is 1.73. The molecule has 0 heterocycles. The maximum atomic E-state index is 4.60. The fraction of sp³-hybridized carbons (Fsp3) is 0.600. The van der Waals surface area contributed by atoms with Gasteiger partial charge in [0.2, 0.25) is 0 Å². The second-order valence-corrected chi connectivity index (χ2v) is 1.50. The van der Waals surface area contributed by atoms with Gasteiger partial charge in [0.15, 0.2) is 0 Å². The molecule has 0 unspecified atom stereocenters. The summed E-state index contributed by atoms with van der Waals surface area (Å²) in [5.41, 5.74) is 3.42. The van der Waals surface area contributed by atoms with E-state index in [2.05, 4.69) is 17.8 Å². The lowest BCUT2D eigenvalue weighted by molar-refractivity contribution is 0.900. The van der Waals surface area contributed by atoms with E-state index in [4.69, 9.17) is 0 Å². The maximum Gasteiger partial charge on any atom is -0.00172 e. The van der Waals surface area contributed by atoms with Crippen molar-refractivity contribution in [2.75, 3.05) is 7.05 Å². The van der Waals surface area contributed by atoms with Gasteiger partial charge in [-0.05, 0) is 20.9 Å². The van der Waals surface area contributed by atoms with E-state index < -0.39 is 0 Å². The lowest BCUT2D eigenvalue weighted by Crippen LogP contribution is -2.13. The molecule has 0 aromatic carbocycles. The molecule has 3 N–H and O–H groups in total. The van der Waals surface area contributed by atoms with Gasteiger partial charge < -0.3 is 0 Å². The first-order valence-electron chi connectivity index (χ1n) is 2.14. The van der Waals surface area contributed by atoms with E-state index >= 15 is 0 Å². The third-order valence-corrected chi connectivity index (χ3v) is 0. The first kappa shape index (κ1) is 9.83. The van der Waals surface area contributed by atoms with Crippen LogP contribution in [0.15, 0.2) is 12.2 Å². The molecule has 0 fully saturated rings. The molecule has 0 aromatic heterocycles. The van der Waals surface area contributed by atoms with Gasteiger partial charge in [-0.15, -0.1) is 6.58 Å². The van der Waals surface area contributed by atoms with Gasteiger partial charge in [-0.25, -0.2) is 0 Å². The van der Waals surface area contributed by atoms with Crippen LogP contribution in [-0.4, -0.2) is 7.05 Å². The monoisotopic (exact) mass is 102 g/mol. The zero-order valence-corrected chi connectivity index (χ0v) is 5.28. The Hall–Kier alpha value is -0.340.